The Labute approximate surface area is 196 Å². The molecule has 2 aliphatic rings. The minimum Gasteiger partial charge on any atom is -0.383 e. The summed E-state index contributed by atoms with van der Waals surface area (Å²) in [6.07, 6.45) is 5.48. The minimum atomic E-state index is -0.784. The lowest BCUT2D eigenvalue weighted by Crippen LogP contribution is -2.54. The van der Waals surface area contributed by atoms with Gasteiger partial charge in [-0.3, -0.25) is 15.1 Å². The third-order valence-electron chi connectivity index (χ3n) is 5.91. The molecule has 0 radical (unpaired) electrons. The number of carbonyl (C=O) groups is 2. The number of rotatable bonds is 8. The third-order valence-corrected chi connectivity index (χ3v) is 5.91. The van der Waals surface area contributed by atoms with Crippen molar-refractivity contribution < 1.29 is 21.6 Å². The highest BCUT2D eigenvalue weighted by molar-refractivity contribution is 6.00. The Morgan fingerprint density at radius 2 is 2.12 bits per heavy atom. The first kappa shape index (κ1) is 24.4. The molecule has 33 heavy (non-hydrogen) atoms. The first-order chi connectivity index (χ1) is 16.0. The van der Waals surface area contributed by atoms with Crippen molar-refractivity contribution in [2.24, 2.45) is 9.98 Å². The van der Waals surface area contributed by atoms with E-state index in [1.807, 2.05) is 6.07 Å². The Hall–Kier alpha value is -3.27. The first-order valence-corrected chi connectivity index (χ1v) is 11.0. The molecule has 0 aromatic heterocycles. The number of piperidine rings is 2. The van der Waals surface area contributed by atoms with Crippen LogP contribution in [0.25, 0.3) is 0 Å². The zero-order chi connectivity index (χ0) is 23.8. The Balaban J connectivity index is 0.00000306. The molecule has 9 nitrogen and oxygen atoms in total. The Kier molecular flexibility index (Phi) is 8.53. The number of anilines is 2. The maximum atomic E-state index is 15.2. The molecule has 2 saturated heterocycles. The number of urea groups is 1. The van der Waals surface area contributed by atoms with E-state index in [4.69, 9.17) is 4.74 Å². The molecule has 2 heterocycles. The molecule has 2 aliphatic heterocycles. The molecule has 2 N–H and O–H groups in total. The average Bonchev–Trinajstić information content (AvgIpc) is 2.81. The van der Waals surface area contributed by atoms with Gasteiger partial charge in [-0.25, -0.2) is 14.2 Å². The predicted octanol–water partition coefficient (Wildman–Crippen LogP) is 3.32. The van der Waals surface area contributed by atoms with E-state index in [2.05, 4.69) is 39.0 Å². The van der Waals surface area contributed by atoms with Crippen molar-refractivity contribution >= 4 is 36.7 Å². The van der Waals surface area contributed by atoms with Crippen molar-refractivity contribution in [2.75, 3.05) is 36.6 Å². The number of benzene rings is 1. The Morgan fingerprint density at radius 1 is 1.30 bits per heavy atom. The van der Waals surface area contributed by atoms with E-state index >= 15 is 4.39 Å². The van der Waals surface area contributed by atoms with Crippen LogP contribution in [0.15, 0.2) is 40.2 Å². The number of nitrogens with one attached hydrogen (secondary N) is 2. The standard InChI is InChI=1S/C23H31FN6O3.2H2/c1-25-14-21(26-2)28-23(32)27-19-8-6-12-30(22(19)31)20-10-9-16(13-18(20)24)29-11-5-4-7-17(29)15-33-3;;/h9-10,13-14,17,19H,1-2,4-8,11-12,15H2,3H3,(H2,27,28,32);2*1H/b21-14+;;/t17?,19-;;/m1../s1. The second-order valence-corrected chi connectivity index (χ2v) is 8.07. The van der Waals surface area contributed by atoms with Crippen molar-refractivity contribution in [3.05, 3.63) is 36.0 Å². The van der Waals surface area contributed by atoms with E-state index in [1.165, 1.54) is 17.2 Å². The second kappa shape index (κ2) is 11.6. The Bertz CT molecular complexity index is 931. The van der Waals surface area contributed by atoms with Crippen LogP contribution in [0, 0.1) is 5.82 Å². The normalized spacial score (nSPS) is 21.5. The molecule has 182 valence electrons. The zero-order valence-corrected chi connectivity index (χ0v) is 18.9. The fourth-order valence-electron chi connectivity index (χ4n) is 4.36. The van der Waals surface area contributed by atoms with Crippen LogP contribution in [-0.4, -0.2) is 64.3 Å². The highest BCUT2D eigenvalue weighted by atomic mass is 19.1. The van der Waals surface area contributed by atoms with Crippen LogP contribution in [-0.2, 0) is 9.53 Å². The van der Waals surface area contributed by atoms with Crippen LogP contribution < -0.4 is 20.4 Å². The highest BCUT2D eigenvalue weighted by Crippen LogP contribution is 2.31. The van der Waals surface area contributed by atoms with Gasteiger partial charge in [-0.05, 0) is 63.7 Å². The molecule has 0 spiro atoms. The number of methoxy groups -OCH3 is 1. The number of amides is 3. The molecule has 2 atom stereocenters. The van der Waals surface area contributed by atoms with E-state index in [0.717, 1.165) is 31.5 Å². The van der Waals surface area contributed by atoms with Crippen molar-refractivity contribution in [1.29, 1.82) is 0 Å². The topological polar surface area (TPSA) is 98.6 Å². The number of ether oxygens (including phenoxy) is 1. The van der Waals surface area contributed by atoms with Gasteiger partial charge in [0.25, 0.3) is 0 Å². The van der Waals surface area contributed by atoms with Crippen molar-refractivity contribution in [2.45, 2.75) is 44.2 Å². The molecule has 0 bridgehead atoms. The van der Waals surface area contributed by atoms with Crippen LogP contribution in [0.2, 0.25) is 0 Å². The van der Waals surface area contributed by atoms with Gasteiger partial charge in [0.1, 0.15) is 11.9 Å². The molecular formula is C23H35FN6O3. The maximum Gasteiger partial charge on any atom is 0.321 e. The number of nitrogens with zero attached hydrogens (tertiary/aromatic N) is 4. The van der Waals surface area contributed by atoms with E-state index in [-0.39, 0.29) is 26.3 Å². The SMILES string of the molecule is C=N/C=C(\N=C)NC(=O)N[C@@H]1CCCN(c2ccc(N3CCCCC3COC)cc2F)C1=O.[HH].[HH]. The predicted molar refractivity (Wildman–Crippen MR) is 132 cm³/mol. The van der Waals surface area contributed by atoms with Crippen LogP contribution in [0.1, 0.15) is 35.0 Å². The molecule has 0 aliphatic carbocycles. The zero-order valence-electron chi connectivity index (χ0n) is 18.9. The lowest BCUT2D eigenvalue weighted by atomic mass is 10.0. The average molecular weight is 463 g/mol. The van der Waals surface area contributed by atoms with Crippen LogP contribution in [0.5, 0.6) is 0 Å². The van der Waals surface area contributed by atoms with Crippen molar-refractivity contribution in [3.63, 3.8) is 0 Å². The van der Waals surface area contributed by atoms with Gasteiger partial charge in [0, 0.05) is 28.7 Å². The molecule has 1 unspecified atom stereocenters. The van der Waals surface area contributed by atoms with E-state index in [1.54, 1.807) is 13.2 Å². The fraction of sp³-hybridized carbons (Fsp3) is 0.478. The van der Waals surface area contributed by atoms with Crippen LogP contribution in [0.3, 0.4) is 0 Å². The monoisotopic (exact) mass is 462 g/mol. The second-order valence-electron chi connectivity index (χ2n) is 8.07. The summed E-state index contributed by atoms with van der Waals surface area (Å²) in [5.41, 5.74) is 0.990. The van der Waals surface area contributed by atoms with Gasteiger partial charge >= 0.3 is 6.03 Å². The molecule has 1 aromatic carbocycles. The fourth-order valence-corrected chi connectivity index (χ4v) is 4.36. The number of hydrogen-bond donors (Lipinski definition) is 2. The summed E-state index contributed by atoms with van der Waals surface area (Å²) in [7, 11) is 1.67. The van der Waals surface area contributed by atoms with E-state index in [9.17, 15) is 9.59 Å². The van der Waals surface area contributed by atoms with Gasteiger partial charge in [0.15, 0.2) is 5.82 Å². The summed E-state index contributed by atoms with van der Waals surface area (Å²) in [4.78, 5) is 36.0. The van der Waals surface area contributed by atoms with Gasteiger partial charge in [-0.2, -0.15) is 0 Å². The van der Waals surface area contributed by atoms with Gasteiger partial charge in [0.05, 0.1) is 24.5 Å². The van der Waals surface area contributed by atoms with E-state index < -0.39 is 17.9 Å². The van der Waals surface area contributed by atoms with Gasteiger partial charge < -0.3 is 19.9 Å². The number of aliphatic imine (C=N–C) groups is 2. The lowest BCUT2D eigenvalue weighted by molar-refractivity contribution is -0.121. The van der Waals surface area contributed by atoms with E-state index in [0.29, 0.717) is 26.0 Å². The molecule has 3 rings (SSSR count). The smallest absolute Gasteiger partial charge is 0.321 e. The summed E-state index contributed by atoms with van der Waals surface area (Å²) in [5.74, 6) is -0.725. The Morgan fingerprint density at radius 3 is 2.82 bits per heavy atom. The van der Waals surface area contributed by atoms with Crippen molar-refractivity contribution in [3.8, 4) is 0 Å². The largest absolute Gasteiger partial charge is 0.383 e. The summed E-state index contributed by atoms with van der Waals surface area (Å²) >= 11 is 0. The summed E-state index contributed by atoms with van der Waals surface area (Å²) in [5, 5.41) is 5.06. The summed E-state index contributed by atoms with van der Waals surface area (Å²) in [6.45, 7) is 8.44. The minimum absolute atomic E-state index is 0. The summed E-state index contributed by atoms with van der Waals surface area (Å²) in [6, 6.07) is 3.77. The molecule has 1 aromatic rings. The first-order valence-electron chi connectivity index (χ1n) is 11.0. The van der Waals surface area contributed by atoms with Gasteiger partial charge in [0.2, 0.25) is 5.91 Å². The molecule has 3 amide bonds. The van der Waals surface area contributed by atoms with Crippen LogP contribution in [0.4, 0.5) is 20.6 Å². The van der Waals surface area contributed by atoms with Crippen LogP contribution >= 0.6 is 0 Å². The molecule has 0 saturated carbocycles. The van der Waals surface area contributed by atoms with Crippen molar-refractivity contribution in [1.82, 2.24) is 10.6 Å². The molecular weight excluding hydrogens is 427 g/mol. The van der Waals surface area contributed by atoms with Gasteiger partial charge in [-0.15, -0.1) is 0 Å². The number of halogens is 1. The quantitative estimate of drug-likeness (QED) is 0.579. The maximum absolute atomic E-state index is 15.2. The number of carbonyl (C=O) groups excluding carboxylic acids is 2. The highest BCUT2D eigenvalue weighted by Gasteiger charge is 2.33. The lowest BCUT2D eigenvalue weighted by Gasteiger charge is -2.38. The third kappa shape index (κ3) is 5.95. The number of hydrogen-bond acceptors (Lipinski definition) is 6. The summed E-state index contributed by atoms with van der Waals surface area (Å²) < 4.78 is 20.5. The molecule has 10 heteroatoms. The molecule has 2 fully saturated rings. The van der Waals surface area contributed by atoms with Gasteiger partial charge in [-0.1, -0.05) is 0 Å².